The molecule has 2 heterocycles. The topological polar surface area (TPSA) is 71.5 Å². The van der Waals surface area contributed by atoms with Crippen LogP contribution in [0.5, 0.6) is 0 Å². The van der Waals surface area contributed by atoms with E-state index in [1.54, 1.807) is 0 Å². The van der Waals surface area contributed by atoms with Crippen LogP contribution in [0.4, 0.5) is 9.93 Å². The number of rotatable bonds is 2. The second-order valence-corrected chi connectivity index (χ2v) is 7.84. The van der Waals surface area contributed by atoms with Crippen LogP contribution in [0.25, 0.3) is 10.2 Å². The number of nitrogens with zero attached hydrogens (tertiary/aromatic N) is 2. The minimum absolute atomic E-state index is 0.211. The minimum Gasteiger partial charge on any atom is -0.444 e. The van der Waals surface area contributed by atoms with Gasteiger partial charge >= 0.3 is 6.09 Å². The van der Waals surface area contributed by atoms with E-state index < -0.39 is 17.7 Å². The normalized spacial score (nSPS) is 18.0. The van der Waals surface area contributed by atoms with E-state index in [1.165, 1.54) is 16.2 Å². The predicted molar refractivity (Wildman–Crippen MR) is 94.2 cm³/mol. The molecule has 24 heavy (non-hydrogen) atoms. The molecule has 6 nitrogen and oxygen atoms in total. The molecule has 1 saturated heterocycles. The molecule has 0 saturated carbocycles. The molecule has 2 amide bonds. The Morgan fingerprint density at radius 2 is 2.08 bits per heavy atom. The van der Waals surface area contributed by atoms with Crippen molar-refractivity contribution in [3.05, 3.63) is 24.3 Å². The van der Waals surface area contributed by atoms with Crippen LogP contribution in [0.3, 0.4) is 0 Å². The van der Waals surface area contributed by atoms with Crippen molar-refractivity contribution in [2.45, 2.75) is 45.3 Å². The highest BCUT2D eigenvalue weighted by Crippen LogP contribution is 2.27. The zero-order valence-corrected chi connectivity index (χ0v) is 14.9. The summed E-state index contributed by atoms with van der Waals surface area (Å²) in [6, 6.07) is 7.21. The minimum atomic E-state index is -0.576. The van der Waals surface area contributed by atoms with Crippen LogP contribution in [0, 0.1) is 0 Å². The first kappa shape index (κ1) is 16.7. The number of benzene rings is 1. The number of para-hydroxylation sites is 1. The highest BCUT2D eigenvalue weighted by Gasteiger charge is 2.36. The molecule has 0 bridgehead atoms. The Balaban J connectivity index is 1.70. The number of aromatic nitrogens is 1. The number of fused-ring (bicyclic) bond motifs is 1. The summed E-state index contributed by atoms with van der Waals surface area (Å²) in [4.78, 5) is 30.8. The van der Waals surface area contributed by atoms with Crippen molar-refractivity contribution in [3.8, 4) is 0 Å². The van der Waals surface area contributed by atoms with Crippen LogP contribution in [0.15, 0.2) is 24.3 Å². The van der Waals surface area contributed by atoms with E-state index in [-0.39, 0.29) is 5.91 Å². The summed E-state index contributed by atoms with van der Waals surface area (Å²) in [6.07, 6.45) is 0.983. The molecular weight excluding hydrogens is 326 g/mol. The second kappa shape index (κ2) is 6.39. The van der Waals surface area contributed by atoms with Crippen molar-refractivity contribution in [2.75, 3.05) is 11.9 Å². The van der Waals surface area contributed by atoms with Crippen LogP contribution < -0.4 is 5.32 Å². The van der Waals surface area contributed by atoms with Gasteiger partial charge in [-0.3, -0.25) is 9.69 Å². The largest absolute Gasteiger partial charge is 0.444 e. The Kier molecular flexibility index (Phi) is 4.45. The van der Waals surface area contributed by atoms with Gasteiger partial charge in [0.1, 0.15) is 11.6 Å². The van der Waals surface area contributed by atoms with Gasteiger partial charge in [0.2, 0.25) is 5.91 Å². The molecule has 3 rings (SSSR count). The maximum absolute atomic E-state index is 12.6. The molecule has 0 radical (unpaired) electrons. The molecule has 1 aromatic carbocycles. The maximum Gasteiger partial charge on any atom is 0.410 e. The average Bonchev–Trinajstić information content (AvgIpc) is 3.11. The summed E-state index contributed by atoms with van der Waals surface area (Å²) in [5.74, 6) is -0.211. The number of carbonyl (C=O) groups excluding carboxylic acids is 2. The number of anilines is 1. The van der Waals surface area contributed by atoms with Gasteiger partial charge in [0, 0.05) is 6.54 Å². The van der Waals surface area contributed by atoms with Gasteiger partial charge in [0.15, 0.2) is 5.13 Å². The summed E-state index contributed by atoms with van der Waals surface area (Å²) >= 11 is 1.43. The lowest BCUT2D eigenvalue weighted by Crippen LogP contribution is -2.45. The lowest BCUT2D eigenvalue weighted by Gasteiger charge is -2.27. The standard InChI is InChI=1S/C17H21N3O3S/c1-17(2,3)23-16(22)20-10-6-8-12(20)14(21)19-15-18-11-7-4-5-9-13(11)24-15/h4-5,7,9,12H,6,8,10H2,1-3H3,(H,18,19,21)/t12-/m0/s1. The number of hydrogen-bond acceptors (Lipinski definition) is 5. The lowest BCUT2D eigenvalue weighted by molar-refractivity contribution is -0.120. The lowest BCUT2D eigenvalue weighted by atomic mass is 10.2. The van der Waals surface area contributed by atoms with Crippen molar-refractivity contribution >= 4 is 38.7 Å². The van der Waals surface area contributed by atoms with Gasteiger partial charge in [-0.05, 0) is 45.7 Å². The first-order valence-electron chi connectivity index (χ1n) is 7.99. The number of likely N-dealkylation sites (tertiary alicyclic amines) is 1. The summed E-state index contributed by atoms with van der Waals surface area (Å²) in [5, 5.41) is 3.39. The Hall–Kier alpha value is -2.15. The molecule has 1 atom stereocenters. The number of thiazole rings is 1. The molecule has 0 spiro atoms. The smallest absolute Gasteiger partial charge is 0.410 e. The number of ether oxygens (including phenoxy) is 1. The van der Waals surface area contributed by atoms with E-state index in [0.717, 1.165) is 16.6 Å². The van der Waals surface area contributed by atoms with Crippen molar-refractivity contribution in [2.24, 2.45) is 0 Å². The number of hydrogen-bond donors (Lipinski definition) is 1. The van der Waals surface area contributed by atoms with E-state index in [9.17, 15) is 9.59 Å². The summed E-state index contributed by atoms with van der Waals surface area (Å²) in [7, 11) is 0. The molecule has 0 unspecified atom stereocenters. The summed E-state index contributed by atoms with van der Waals surface area (Å²) in [5.41, 5.74) is 0.279. The third-order valence-electron chi connectivity index (χ3n) is 3.71. The highest BCUT2D eigenvalue weighted by atomic mass is 32.1. The van der Waals surface area contributed by atoms with Crippen LogP contribution in [0.1, 0.15) is 33.6 Å². The fourth-order valence-corrected chi connectivity index (χ4v) is 3.56. The monoisotopic (exact) mass is 347 g/mol. The maximum atomic E-state index is 12.6. The molecule has 1 aliphatic rings. The third kappa shape index (κ3) is 3.67. The van der Waals surface area contributed by atoms with Crippen LogP contribution in [-0.4, -0.2) is 40.1 Å². The molecular formula is C17H21N3O3S. The second-order valence-electron chi connectivity index (χ2n) is 6.81. The molecule has 128 valence electrons. The number of carbonyl (C=O) groups is 2. The molecule has 1 N–H and O–H groups in total. The van der Waals surface area contributed by atoms with Crippen LogP contribution in [0.2, 0.25) is 0 Å². The summed E-state index contributed by atoms with van der Waals surface area (Å²) in [6.45, 7) is 5.98. The third-order valence-corrected chi connectivity index (χ3v) is 4.66. The van der Waals surface area contributed by atoms with E-state index in [1.807, 2.05) is 45.0 Å². The van der Waals surface area contributed by atoms with Gasteiger partial charge in [-0.2, -0.15) is 0 Å². The van der Waals surface area contributed by atoms with Gasteiger partial charge in [-0.1, -0.05) is 23.5 Å². The van der Waals surface area contributed by atoms with Gasteiger partial charge in [0.25, 0.3) is 0 Å². The van der Waals surface area contributed by atoms with E-state index >= 15 is 0 Å². The molecule has 2 aromatic rings. The Labute approximate surface area is 144 Å². The Morgan fingerprint density at radius 1 is 1.33 bits per heavy atom. The average molecular weight is 347 g/mol. The van der Waals surface area contributed by atoms with Gasteiger partial charge < -0.3 is 10.1 Å². The molecule has 7 heteroatoms. The van der Waals surface area contributed by atoms with Crippen LogP contribution >= 0.6 is 11.3 Å². The van der Waals surface area contributed by atoms with Crippen molar-refractivity contribution in [1.82, 2.24) is 9.88 Å². The molecule has 1 fully saturated rings. The fourth-order valence-electron chi connectivity index (χ4n) is 2.69. The molecule has 1 aliphatic heterocycles. The van der Waals surface area contributed by atoms with E-state index in [2.05, 4.69) is 10.3 Å². The highest BCUT2D eigenvalue weighted by molar-refractivity contribution is 7.22. The number of amides is 2. The quantitative estimate of drug-likeness (QED) is 0.900. The van der Waals surface area contributed by atoms with Gasteiger partial charge in [0.05, 0.1) is 10.2 Å². The van der Waals surface area contributed by atoms with Crippen molar-refractivity contribution in [3.63, 3.8) is 0 Å². The number of nitrogens with one attached hydrogen (secondary N) is 1. The van der Waals surface area contributed by atoms with Crippen molar-refractivity contribution in [1.29, 1.82) is 0 Å². The van der Waals surface area contributed by atoms with E-state index in [0.29, 0.717) is 18.1 Å². The molecule has 0 aliphatic carbocycles. The van der Waals surface area contributed by atoms with Crippen LogP contribution in [-0.2, 0) is 9.53 Å². The molecule has 1 aromatic heterocycles. The first-order valence-corrected chi connectivity index (χ1v) is 8.81. The van der Waals surface area contributed by atoms with Gasteiger partial charge in [-0.15, -0.1) is 0 Å². The van der Waals surface area contributed by atoms with Crippen molar-refractivity contribution < 1.29 is 14.3 Å². The predicted octanol–water partition coefficient (Wildman–Crippen LogP) is 3.63. The Morgan fingerprint density at radius 3 is 2.79 bits per heavy atom. The Bertz CT molecular complexity index is 733. The SMILES string of the molecule is CC(C)(C)OC(=O)N1CCC[C@H]1C(=O)Nc1nc2ccccc2s1. The van der Waals surface area contributed by atoms with E-state index in [4.69, 9.17) is 4.74 Å². The van der Waals surface area contributed by atoms with Gasteiger partial charge in [-0.25, -0.2) is 9.78 Å². The fraction of sp³-hybridized carbons (Fsp3) is 0.471. The zero-order chi connectivity index (χ0) is 17.3. The first-order chi connectivity index (χ1) is 11.3. The zero-order valence-electron chi connectivity index (χ0n) is 14.0. The summed E-state index contributed by atoms with van der Waals surface area (Å²) < 4.78 is 6.41.